The minimum absolute atomic E-state index is 0.0180. The van der Waals surface area contributed by atoms with Crippen molar-refractivity contribution in [3.05, 3.63) is 40.2 Å². The predicted octanol–water partition coefficient (Wildman–Crippen LogP) is 1.61. The van der Waals surface area contributed by atoms with Gasteiger partial charge >= 0.3 is 0 Å². The molecule has 3 rings (SSSR count). The van der Waals surface area contributed by atoms with Crippen LogP contribution < -0.4 is 15.6 Å². The molecule has 4 nitrogen and oxygen atoms in total. The van der Waals surface area contributed by atoms with Gasteiger partial charge in [-0.3, -0.25) is 4.79 Å². The number of nitrogens with one attached hydrogen (secondary N) is 2. The highest BCUT2D eigenvalue weighted by molar-refractivity contribution is 5.80. The number of H-pyrrole nitrogens is 1. The van der Waals surface area contributed by atoms with Gasteiger partial charge in [-0.05, 0) is 36.6 Å². The van der Waals surface area contributed by atoms with Crippen LogP contribution in [0, 0.1) is 0 Å². The second-order valence-corrected chi connectivity index (χ2v) is 4.70. The van der Waals surface area contributed by atoms with E-state index in [1.807, 2.05) is 24.3 Å². The molecule has 0 spiro atoms. The van der Waals surface area contributed by atoms with Crippen molar-refractivity contribution in [3.63, 3.8) is 0 Å². The van der Waals surface area contributed by atoms with Crippen molar-refractivity contribution in [2.75, 3.05) is 20.2 Å². The monoisotopic (exact) mass is 244 g/mol. The fourth-order valence-corrected chi connectivity index (χ4v) is 2.55. The molecular formula is C14H16N2O2. The standard InChI is InChI=1S/C14H16N2O2/c1-18-11-3-2-9-6-12(10-4-5-15-8-10)14(17)16-13(9)7-11/h2-3,6-7,10,15H,4-5,8H2,1H3,(H,16,17). The molecule has 18 heavy (non-hydrogen) atoms. The van der Waals surface area contributed by atoms with Gasteiger partial charge in [0, 0.05) is 24.1 Å². The van der Waals surface area contributed by atoms with Gasteiger partial charge in [-0.15, -0.1) is 0 Å². The second kappa shape index (κ2) is 4.46. The normalized spacial score (nSPS) is 19.3. The molecule has 1 aromatic carbocycles. The Balaban J connectivity index is 2.12. The average Bonchev–Trinajstić information content (AvgIpc) is 2.91. The summed E-state index contributed by atoms with van der Waals surface area (Å²) in [5.74, 6) is 1.09. The van der Waals surface area contributed by atoms with Gasteiger partial charge < -0.3 is 15.0 Å². The molecule has 1 aliphatic rings. The summed E-state index contributed by atoms with van der Waals surface area (Å²) in [6.45, 7) is 1.88. The summed E-state index contributed by atoms with van der Waals surface area (Å²) in [5, 5.41) is 4.34. The molecule has 1 unspecified atom stereocenters. The third-order valence-corrected chi connectivity index (χ3v) is 3.58. The van der Waals surface area contributed by atoms with E-state index in [1.165, 1.54) is 0 Å². The number of benzene rings is 1. The Kier molecular flexibility index (Phi) is 2.80. The molecule has 0 amide bonds. The third-order valence-electron chi connectivity index (χ3n) is 3.58. The quantitative estimate of drug-likeness (QED) is 0.844. The Morgan fingerprint density at radius 1 is 1.33 bits per heavy atom. The van der Waals surface area contributed by atoms with E-state index in [-0.39, 0.29) is 5.56 Å². The maximum atomic E-state index is 12.1. The van der Waals surface area contributed by atoms with E-state index in [0.29, 0.717) is 5.92 Å². The van der Waals surface area contributed by atoms with Gasteiger partial charge in [-0.2, -0.15) is 0 Å². The van der Waals surface area contributed by atoms with E-state index >= 15 is 0 Å². The van der Waals surface area contributed by atoms with Crippen molar-refractivity contribution in [2.45, 2.75) is 12.3 Å². The molecular weight excluding hydrogens is 228 g/mol. The summed E-state index contributed by atoms with van der Waals surface area (Å²) in [6.07, 6.45) is 1.03. The number of methoxy groups -OCH3 is 1. The Hall–Kier alpha value is -1.81. The highest BCUT2D eigenvalue weighted by Crippen LogP contribution is 2.23. The number of pyridine rings is 1. The second-order valence-electron chi connectivity index (χ2n) is 4.70. The fraction of sp³-hybridized carbons (Fsp3) is 0.357. The number of aromatic amines is 1. The van der Waals surface area contributed by atoms with Crippen LogP contribution in [0.5, 0.6) is 5.75 Å². The Morgan fingerprint density at radius 3 is 2.94 bits per heavy atom. The Morgan fingerprint density at radius 2 is 2.22 bits per heavy atom. The topological polar surface area (TPSA) is 54.1 Å². The molecule has 1 atom stereocenters. The highest BCUT2D eigenvalue weighted by atomic mass is 16.5. The van der Waals surface area contributed by atoms with Crippen molar-refractivity contribution >= 4 is 10.9 Å². The molecule has 0 bridgehead atoms. The minimum atomic E-state index is 0.0180. The van der Waals surface area contributed by atoms with E-state index in [4.69, 9.17) is 4.74 Å². The highest BCUT2D eigenvalue weighted by Gasteiger charge is 2.19. The van der Waals surface area contributed by atoms with Gasteiger partial charge in [0.05, 0.1) is 12.6 Å². The van der Waals surface area contributed by atoms with Gasteiger partial charge in [-0.1, -0.05) is 0 Å². The molecule has 1 saturated heterocycles. The summed E-state index contributed by atoms with van der Waals surface area (Å²) in [6, 6.07) is 7.76. The molecule has 2 heterocycles. The lowest BCUT2D eigenvalue weighted by Crippen LogP contribution is -2.18. The first kappa shape index (κ1) is 11.3. The molecule has 2 aromatic rings. The predicted molar refractivity (Wildman–Crippen MR) is 71.3 cm³/mol. The van der Waals surface area contributed by atoms with E-state index in [1.54, 1.807) is 7.11 Å². The summed E-state index contributed by atoms with van der Waals surface area (Å²) >= 11 is 0. The van der Waals surface area contributed by atoms with E-state index < -0.39 is 0 Å². The minimum Gasteiger partial charge on any atom is -0.497 e. The van der Waals surface area contributed by atoms with Crippen LogP contribution in [0.25, 0.3) is 10.9 Å². The van der Waals surface area contributed by atoms with Crippen LogP contribution in [0.1, 0.15) is 17.9 Å². The van der Waals surface area contributed by atoms with E-state index in [9.17, 15) is 4.79 Å². The van der Waals surface area contributed by atoms with Crippen molar-refractivity contribution in [2.24, 2.45) is 0 Å². The van der Waals surface area contributed by atoms with Crippen LogP contribution in [0.2, 0.25) is 0 Å². The van der Waals surface area contributed by atoms with Crippen LogP contribution in [-0.2, 0) is 0 Å². The van der Waals surface area contributed by atoms with Crippen LogP contribution >= 0.6 is 0 Å². The van der Waals surface area contributed by atoms with Gasteiger partial charge in [0.2, 0.25) is 0 Å². The van der Waals surface area contributed by atoms with E-state index in [2.05, 4.69) is 10.3 Å². The zero-order valence-electron chi connectivity index (χ0n) is 10.3. The van der Waals surface area contributed by atoms with Crippen LogP contribution in [0.15, 0.2) is 29.1 Å². The first-order valence-corrected chi connectivity index (χ1v) is 6.19. The SMILES string of the molecule is COc1ccc2cc(C3CCNC3)c(=O)[nH]c2c1. The van der Waals surface area contributed by atoms with Crippen LogP contribution in [0.3, 0.4) is 0 Å². The smallest absolute Gasteiger partial charge is 0.251 e. The van der Waals surface area contributed by atoms with Crippen molar-refractivity contribution < 1.29 is 4.74 Å². The average molecular weight is 244 g/mol. The van der Waals surface area contributed by atoms with Crippen LogP contribution in [0.4, 0.5) is 0 Å². The lowest BCUT2D eigenvalue weighted by Gasteiger charge is -2.09. The molecule has 0 radical (unpaired) electrons. The lowest BCUT2D eigenvalue weighted by atomic mass is 9.98. The van der Waals surface area contributed by atoms with Crippen molar-refractivity contribution in [3.8, 4) is 5.75 Å². The number of rotatable bonds is 2. The largest absolute Gasteiger partial charge is 0.497 e. The molecule has 94 valence electrons. The molecule has 1 aromatic heterocycles. The fourth-order valence-electron chi connectivity index (χ4n) is 2.55. The summed E-state index contributed by atoms with van der Waals surface area (Å²) in [4.78, 5) is 15.0. The maximum Gasteiger partial charge on any atom is 0.251 e. The zero-order valence-corrected chi connectivity index (χ0v) is 10.3. The molecule has 4 heteroatoms. The van der Waals surface area contributed by atoms with Gasteiger partial charge in [0.25, 0.3) is 5.56 Å². The first-order valence-electron chi connectivity index (χ1n) is 6.19. The number of aromatic nitrogens is 1. The van der Waals surface area contributed by atoms with E-state index in [0.717, 1.165) is 41.7 Å². The Labute approximate surface area is 105 Å². The summed E-state index contributed by atoms with van der Waals surface area (Å²) in [7, 11) is 1.62. The van der Waals surface area contributed by atoms with Crippen LogP contribution in [-0.4, -0.2) is 25.2 Å². The first-order chi connectivity index (χ1) is 8.78. The summed E-state index contributed by atoms with van der Waals surface area (Å²) < 4.78 is 5.16. The van der Waals surface area contributed by atoms with Gasteiger partial charge in [0.15, 0.2) is 0 Å². The molecule has 0 saturated carbocycles. The molecule has 1 fully saturated rings. The van der Waals surface area contributed by atoms with Crippen molar-refractivity contribution in [1.82, 2.24) is 10.3 Å². The zero-order chi connectivity index (χ0) is 12.5. The Bertz CT molecular complexity index is 627. The van der Waals surface area contributed by atoms with Crippen molar-refractivity contribution in [1.29, 1.82) is 0 Å². The number of ether oxygens (including phenoxy) is 1. The number of fused-ring (bicyclic) bond motifs is 1. The lowest BCUT2D eigenvalue weighted by molar-refractivity contribution is 0.415. The third kappa shape index (κ3) is 1.88. The molecule has 0 aliphatic carbocycles. The molecule has 2 N–H and O–H groups in total. The molecule has 1 aliphatic heterocycles. The number of hydrogen-bond acceptors (Lipinski definition) is 3. The van der Waals surface area contributed by atoms with Gasteiger partial charge in [0.1, 0.15) is 5.75 Å². The number of hydrogen-bond donors (Lipinski definition) is 2. The summed E-state index contributed by atoms with van der Waals surface area (Å²) in [5.41, 5.74) is 1.73. The maximum absolute atomic E-state index is 12.1. The van der Waals surface area contributed by atoms with Gasteiger partial charge in [-0.25, -0.2) is 0 Å².